The molecule has 8 unspecified atom stereocenters. The highest BCUT2D eigenvalue weighted by molar-refractivity contribution is 6.36. The summed E-state index contributed by atoms with van der Waals surface area (Å²) in [6.07, 6.45) is 14.3. The van der Waals surface area contributed by atoms with Crippen LogP contribution in [-0.2, 0) is 19.2 Å². The quantitative estimate of drug-likeness (QED) is 0.0396. The number of hydrogen-bond acceptors (Lipinski definition) is 20. The number of benzene rings is 8. The Morgan fingerprint density at radius 1 is 0.387 bits per heavy atom. The van der Waals surface area contributed by atoms with E-state index in [1.54, 1.807) is 48.7 Å². The SMILES string of the molecule is CC(c1ccc(Cl)cc1Cl)n1nc(C#N)c2ccc(N3CCN(C(=O)C4CCCCN4)[C@H](CO)C3)cc21.CC(c1ccc(Cl)cc1Cl)n1ncc2ccc(N3CCN(C(=O)C4CCN4)[C@H](CO)C3)cc21.CC(c1ccc(Cl)cc1F)n1ncc2ccc(N3CCN(C(=O)C4CCCCN4)[C@H](CO)C3)cc21.CC(c1ccc(Cl)cc1F)n1ncc2ccc(N3CCN(C(=O)C4CCCN4)CC3)cc21. The lowest BCUT2D eigenvalue weighted by Crippen LogP contribution is -2.63. The van der Waals surface area contributed by atoms with Crippen molar-refractivity contribution < 1.29 is 43.3 Å². The van der Waals surface area contributed by atoms with Crippen molar-refractivity contribution >= 4 is 160 Å². The molecule has 0 aliphatic carbocycles. The van der Waals surface area contributed by atoms with E-state index in [2.05, 4.69) is 117 Å². The lowest BCUT2D eigenvalue weighted by Gasteiger charge is -2.44. The van der Waals surface area contributed by atoms with Crippen LogP contribution in [0.5, 0.6) is 0 Å². The highest BCUT2D eigenvalue weighted by atomic mass is 35.5. The Labute approximate surface area is 825 Å². The molecule has 28 nitrogen and oxygen atoms in total. The van der Waals surface area contributed by atoms with Crippen LogP contribution >= 0.6 is 69.6 Å². The second-order valence-electron chi connectivity index (χ2n) is 36.7. The number of aromatic nitrogens is 8. The van der Waals surface area contributed by atoms with E-state index in [0.29, 0.717) is 106 Å². The lowest BCUT2D eigenvalue weighted by molar-refractivity contribution is -0.139. The molecule has 0 radical (unpaired) electrons. The van der Waals surface area contributed by atoms with Crippen LogP contribution in [-0.4, -0.2) is 271 Å². The summed E-state index contributed by atoms with van der Waals surface area (Å²) in [7, 11) is 0. The Hall–Kier alpha value is -10.5. The highest BCUT2D eigenvalue weighted by Crippen LogP contribution is 2.39. The van der Waals surface area contributed by atoms with Gasteiger partial charge in [0, 0.05) is 171 Å². The molecule has 36 heteroatoms. The summed E-state index contributed by atoms with van der Waals surface area (Å²) in [6.45, 7) is 19.6. The van der Waals surface area contributed by atoms with Crippen LogP contribution in [0, 0.1) is 23.0 Å². The monoisotopic (exact) mass is 1980 g/mol. The minimum Gasteiger partial charge on any atom is -0.394 e. The van der Waals surface area contributed by atoms with Gasteiger partial charge in [-0.2, -0.15) is 25.7 Å². The summed E-state index contributed by atoms with van der Waals surface area (Å²) in [5.74, 6) is -0.183. The third kappa shape index (κ3) is 21.5. The maximum absolute atomic E-state index is 14.6. The average Bonchev–Trinajstić information content (AvgIpc) is 1.63. The molecule has 8 fully saturated rings. The van der Waals surface area contributed by atoms with Gasteiger partial charge in [-0.15, -0.1) is 0 Å². The Bertz CT molecular complexity index is 6390. The molecule has 12 heterocycles. The number of hydrogen-bond donors (Lipinski definition) is 7. The highest BCUT2D eigenvalue weighted by Gasteiger charge is 2.40. The van der Waals surface area contributed by atoms with Gasteiger partial charge in [-0.1, -0.05) is 107 Å². The van der Waals surface area contributed by atoms with E-state index in [-0.39, 0.29) is 122 Å². The van der Waals surface area contributed by atoms with Crippen LogP contribution in [0.15, 0.2) is 164 Å². The van der Waals surface area contributed by atoms with Crippen molar-refractivity contribution in [2.45, 2.75) is 152 Å². The molecule has 8 aliphatic rings. The fourth-order valence-corrected chi connectivity index (χ4v) is 21.8. The molecular formula is C101H115Cl6F2N21O7. The normalized spacial score (nSPS) is 21.3. The molecule has 0 saturated carbocycles. The summed E-state index contributed by atoms with van der Waals surface area (Å²) in [5.41, 5.74) is 11.0. The van der Waals surface area contributed by atoms with E-state index in [0.717, 1.165) is 188 Å². The zero-order chi connectivity index (χ0) is 96.0. The number of nitrogens with zero attached hydrogens (tertiary/aromatic N) is 17. The number of aliphatic hydroxyl groups is 3. The first-order chi connectivity index (χ1) is 66.3. The van der Waals surface area contributed by atoms with Crippen LogP contribution in [0.1, 0.15) is 138 Å². The van der Waals surface area contributed by atoms with Gasteiger partial charge in [0.2, 0.25) is 23.6 Å². The van der Waals surface area contributed by atoms with E-state index in [1.807, 2.05) is 120 Å². The van der Waals surface area contributed by atoms with Crippen molar-refractivity contribution in [1.29, 1.82) is 5.26 Å². The molecule has 7 N–H and O–H groups in total. The number of carbonyl (C=O) groups is 4. The number of aliphatic hydroxyl groups excluding tert-OH is 3. The van der Waals surface area contributed by atoms with Crippen molar-refractivity contribution in [3.8, 4) is 6.07 Å². The van der Waals surface area contributed by atoms with Crippen molar-refractivity contribution in [3.05, 3.63) is 234 Å². The molecule has 11 atom stereocenters. The van der Waals surface area contributed by atoms with E-state index in [1.165, 1.54) is 12.1 Å². The molecule has 4 aromatic heterocycles. The molecular weight excluding hydrogens is 1870 g/mol. The third-order valence-corrected chi connectivity index (χ3v) is 29.9. The van der Waals surface area contributed by atoms with Gasteiger partial charge < -0.3 is 75.8 Å². The van der Waals surface area contributed by atoms with Crippen molar-refractivity contribution in [2.75, 3.05) is 151 Å². The van der Waals surface area contributed by atoms with Crippen LogP contribution in [0.4, 0.5) is 31.5 Å². The smallest absolute Gasteiger partial charge is 0.240 e. The van der Waals surface area contributed by atoms with Gasteiger partial charge in [-0.25, -0.2) is 8.78 Å². The summed E-state index contributed by atoms with van der Waals surface area (Å²) in [6, 6.07) is 45.0. The molecule has 0 bridgehead atoms. The zero-order valence-electron chi connectivity index (χ0n) is 77.0. The van der Waals surface area contributed by atoms with E-state index >= 15 is 0 Å². The summed E-state index contributed by atoms with van der Waals surface area (Å²) < 4.78 is 36.6. The fraction of sp³-hybridized carbons (Fsp3) is 0.436. The first kappa shape index (κ1) is 98.1. The second kappa shape index (κ2) is 43.9. The van der Waals surface area contributed by atoms with Crippen molar-refractivity contribution in [1.82, 2.24) is 80.0 Å². The number of nitrogens with one attached hydrogen (secondary N) is 4. The van der Waals surface area contributed by atoms with Gasteiger partial charge >= 0.3 is 0 Å². The number of nitriles is 1. The number of fused-ring (bicyclic) bond motifs is 4. The predicted octanol–water partition coefficient (Wildman–Crippen LogP) is 14.7. The number of anilines is 4. The molecule has 8 aliphatic heterocycles. The standard InChI is InChI=1S/C27H30Cl2N6O2.C26H31ClFN5O2.C24H27Cl2N5O2.C24H27ClFN5O/c1-17(21-7-5-18(28)12-23(21)29)35-26-13-19(6-8-22(26)25(14-30)32-35)33-10-11-34(20(15-33)16-36)27(37)24-4-2-3-9-31-24;1-17(22-8-6-19(27)12-23(22)28)33-25-13-20(7-5-18(25)14-30-33)31-10-11-32(21(15-31)16-34)26(35)24-4-2-3-9-29-24;1-15(20-5-3-17(25)10-21(20)26)31-23-11-18(4-2-16(23)12-28-31)29-8-9-30(19(13-29)14-32)24(33)22-6-7-27-22;1-16(20-7-5-18(25)13-21(20)26)31-23-14-19(6-4-17(23)15-28-31)29-9-11-30(12-10-29)24(32)22-3-2-8-27-22/h5-8,12-13,17,20,24,31,36H,2-4,9-11,15-16H2,1H3;5-8,12-14,17,21,24,29,34H,2-4,9-11,15-16H2,1H3;2-5,10-12,15,19,22,27,32H,6-9,13-14H2,1H3;4-7,13-16,22,27H,2-3,8-12H2,1H3/t17?,20-,24?;17?,21-,24?;15?,19-,22?;/m000./s1. The van der Waals surface area contributed by atoms with E-state index in [4.69, 9.17) is 69.6 Å². The molecule has 722 valence electrons. The maximum Gasteiger partial charge on any atom is 0.240 e. The van der Waals surface area contributed by atoms with Crippen LogP contribution in [0.3, 0.4) is 0 Å². The van der Waals surface area contributed by atoms with Crippen LogP contribution < -0.4 is 40.9 Å². The first-order valence-electron chi connectivity index (χ1n) is 47.4. The average molecular weight is 1990 g/mol. The van der Waals surface area contributed by atoms with Gasteiger partial charge in [-0.3, -0.25) is 37.9 Å². The molecule has 12 aromatic rings. The number of carbonyl (C=O) groups excluding carboxylic acids is 4. The Morgan fingerprint density at radius 3 is 1.09 bits per heavy atom. The van der Waals surface area contributed by atoms with Gasteiger partial charge in [-0.05, 0) is 231 Å². The van der Waals surface area contributed by atoms with Gasteiger partial charge in [0.05, 0.1) is 127 Å². The second-order valence-corrected chi connectivity index (χ2v) is 39.2. The Balaban J connectivity index is 0.000000127. The summed E-state index contributed by atoms with van der Waals surface area (Å²) in [4.78, 5) is 68.1. The number of piperazine rings is 4. The topological polar surface area (TPSA) is 298 Å². The first-order valence-corrected chi connectivity index (χ1v) is 49.7. The lowest BCUT2D eigenvalue weighted by atomic mass is 10.0. The molecule has 8 saturated heterocycles. The van der Waals surface area contributed by atoms with Gasteiger partial charge in [0.15, 0.2) is 5.69 Å². The largest absolute Gasteiger partial charge is 0.394 e. The van der Waals surface area contributed by atoms with Gasteiger partial charge in [0.1, 0.15) is 17.7 Å². The number of piperidine rings is 2. The molecule has 8 aromatic carbocycles. The summed E-state index contributed by atoms with van der Waals surface area (Å²) >= 11 is 37.0. The van der Waals surface area contributed by atoms with Gasteiger partial charge in [0.25, 0.3) is 0 Å². The molecule has 0 spiro atoms. The predicted molar refractivity (Wildman–Crippen MR) is 537 cm³/mol. The number of amides is 4. The zero-order valence-corrected chi connectivity index (χ0v) is 81.6. The summed E-state index contributed by atoms with van der Waals surface area (Å²) in [5, 5.41) is 78.2. The Kier molecular flexibility index (Phi) is 31.5. The third-order valence-electron chi connectivity index (χ3n) is 28.3. The minimum atomic E-state index is -0.358. The van der Waals surface area contributed by atoms with E-state index in [9.17, 15) is 48.5 Å². The molecule has 4 amide bonds. The van der Waals surface area contributed by atoms with Crippen LogP contribution in [0.2, 0.25) is 30.1 Å². The maximum atomic E-state index is 14.6. The van der Waals surface area contributed by atoms with Crippen LogP contribution in [0.25, 0.3) is 43.6 Å². The number of rotatable bonds is 19. The minimum absolute atomic E-state index is 0.0120. The number of halogens is 8. The van der Waals surface area contributed by atoms with Crippen molar-refractivity contribution in [3.63, 3.8) is 0 Å². The Morgan fingerprint density at radius 2 is 0.723 bits per heavy atom. The van der Waals surface area contributed by atoms with Crippen molar-refractivity contribution in [2.24, 2.45) is 0 Å². The molecule has 20 rings (SSSR count). The van der Waals surface area contributed by atoms with E-state index < -0.39 is 0 Å². The molecule has 137 heavy (non-hydrogen) atoms. The fourth-order valence-electron chi connectivity index (χ4n) is 20.3.